The van der Waals surface area contributed by atoms with Gasteiger partial charge in [-0.3, -0.25) is 4.79 Å². The smallest absolute Gasteiger partial charge is 0.241 e. The number of halogens is 1. The van der Waals surface area contributed by atoms with Gasteiger partial charge in [-0.05, 0) is 25.0 Å². The molecule has 2 rings (SSSR count). The summed E-state index contributed by atoms with van der Waals surface area (Å²) in [7, 11) is 1.74. The van der Waals surface area contributed by atoms with Crippen molar-refractivity contribution in [2.45, 2.75) is 26.4 Å². The Balaban J connectivity index is 2.47. The number of carbonyl (C=O) groups is 1. The normalized spacial score (nSPS) is 17.5. The van der Waals surface area contributed by atoms with Gasteiger partial charge in [0.25, 0.3) is 0 Å². The molecule has 0 saturated heterocycles. The maximum absolute atomic E-state index is 11.7. The van der Waals surface area contributed by atoms with Crippen molar-refractivity contribution >= 4 is 23.2 Å². The molecule has 0 spiro atoms. The highest BCUT2D eigenvalue weighted by atomic mass is 35.5. The van der Waals surface area contributed by atoms with Gasteiger partial charge in [-0.25, -0.2) is 0 Å². The highest BCUT2D eigenvalue weighted by Gasteiger charge is 2.26. The number of nitrogens with zero attached hydrogens (tertiary/aromatic N) is 1. The Morgan fingerprint density at radius 3 is 2.94 bits per heavy atom. The molecule has 1 unspecified atom stereocenters. The molecule has 4 heteroatoms. The van der Waals surface area contributed by atoms with Crippen LogP contribution in [0.15, 0.2) is 12.1 Å². The first-order valence-corrected chi connectivity index (χ1v) is 6.19. The summed E-state index contributed by atoms with van der Waals surface area (Å²) in [5.41, 5.74) is 3.03. The van der Waals surface area contributed by atoms with Crippen molar-refractivity contribution in [1.29, 1.82) is 0 Å². The highest BCUT2D eigenvalue weighted by Crippen LogP contribution is 2.40. The lowest BCUT2D eigenvalue weighted by molar-refractivity contribution is -0.116. The maximum atomic E-state index is 11.7. The van der Waals surface area contributed by atoms with Gasteiger partial charge in [-0.2, -0.15) is 0 Å². The SMILES string of the molecule is Cc1ccc2c(c1N(C)C(=O)CCl)OC(C)C2. The predicted molar refractivity (Wildman–Crippen MR) is 69.1 cm³/mol. The van der Waals surface area contributed by atoms with Crippen LogP contribution in [-0.4, -0.2) is 24.9 Å². The molecule has 0 aromatic heterocycles. The monoisotopic (exact) mass is 253 g/mol. The predicted octanol–water partition coefficient (Wildman–Crippen LogP) is 2.52. The zero-order chi connectivity index (χ0) is 12.6. The topological polar surface area (TPSA) is 29.5 Å². The average Bonchev–Trinajstić information content (AvgIpc) is 2.67. The van der Waals surface area contributed by atoms with Crippen LogP contribution in [-0.2, 0) is 11.2 Å². The molecule has 92 valence electrons. The van der Waals surface area contributed by atoms with Gasteiger partial charge in [0.05, 0.1) is 5.69 Å². The number of aryl methyl sites for hydroxylation is 1. The van der Waals surface area contributed by atoms with E-state index in [2.05, 4.69) is 6.07 Å². The fraction of sp³-hybridized carbons (Fsp3) is 0.462. The summed E-state index contributed by atoms with van der Waals surface area (Å²) in [5, 5.41) is 0. The van der Waals surface area contributed by atoms with Crippen molar-refractivity contribution < 1.29 is 9.53 Å². The molecule has 3 nitrogen and oxygen atoms in total. The van der Waals surface area contributed by atoms with E-state index in [1.54, 1.807) is 11.9 Å². The molecule has 0 saturated carbocycles. The van der Waals surface area contributed by atoms with Gasteiger partial charge >= 0.3 is 0 Å². The van der Waals surface area contributed by atoms with E-state index in [0.717, 1.165) is 29.0 Å². The highest BCUT2D eigenvalue weighted by molar-refractivity contribution is 6.29. The van der Waals surface area contributed by atoms with E-state index in [1.165, 1.54) is 0 Å². The molecular weight excluding hydrogens is 238 g/mol. The van der Waals surface area contributed by atoms with E-state index in [1.807, 2.05) is 19.9 Å². The second-order valence-electron chi connectivity index (χ2n) is 4.44. The Morgan fingerprint density at radius 1 is 1.59 bits per heavy atom. The van der Waals surface area contributed by atoms with Crippen LogP contribution in [0.2, 0.25) is 0 Å². The summed E-state index contributed by atoms with van der Waals surface area (Å²) in [6.45, 7) is 4.00. The molecule has 1 aliphatic heterocycles. The van der Waals surface area contributed by atoms with Crippen molar-refractivity contribution in [3.05, 3.63) is 23.3 Å². The molecule has 1 atom stereocenters. The number of alkyl halides is 1. The second-order valence-corrected chi connectivity index (χ2v) is 4.71. The zero-order valence-electron chi connectivity index (χ0n) is 10.3. The van der Waals surface area contributed by atoms with Crippen LogP contribution < -0.4 is 9.64 Å². The minimum absolute atomic E-state index is 0.0187. The summed E-state index contributed by atoms with van der Waals surface area (Å²) in [6.07, 6.45) is 1.07. The minimum atomic E-state index is -0.119. The lowest BCUT2D eigenvalue weighted by Gasteiger charge is -2.21. The number of hydrogen-bond donors (Lipinski definition) is 0. The minimum Gasteiger partial charge on any atom is -0.488 e. The van der Waals surface area contributed by atoms with Gasteiger partial charge in [0.2, 0.25) is 5.91 Å². The van der Waals surface area contributed by atoms with Crippen molar-refractivity contribution in [2.75, 3.05) is 17.8 Å². The third-order valence-corrected chi connectivity index (χ3v) is 3.29. The van der Waals surface area contributed by atoms with E-state index >= 15 is 0 Å². The van der Waals surface area contributed by atoms with Crippen LogP contribution in [0.4, 0.5) is 5.69 Å². The summed E-state index contributed by atoms with van der Waals surface area (Å²) in [5.74, 6) is 0.694. The molecule has 17 heavy (non-hydrogen) atoms. The van der Waals surface area contributed by atoms with E-state index in [-0.39, 0.29) is 17.9 Å². The third kappa shape index (κ3) is 2.12. The second kappa shape index (κ2) is 4.57. The molecule has 1 heterocycles. The van der Waals surface area contributed by atoms with Crippen LogP contribution in [0.3, 0.4) is 0 Å². The van der Waals surface area contributed by atoms with Crippen molar-refractivity contribution in [1.82, 2.24) is 0 Å². The molecule has 0 aliphatic carbocycles. The Kier molecular flexibility index (Phi) is 3.29. The van der Waals surface area contributed by atoms with Crippen molar-refractivity contribution in [3.8, 4) is 5.75 Å². The van der Waals surface area contributed by atoms with Gasteiger partial charge in [-0.1, -0.05) is 12.1 Å². The van der Waals surface area contributed by atoms with Crippen molar-refractivity contribution in [2.24, 2.45) is 0 Å². The first-order chi connectivity index (χ1) is 8.04. The first-order valence-electron chi connectivity index (χ1n) is 5.66. The Hall–Kier alpha value is -1.22. The van der Waals surface area contributed by atoms with E-state index in [0.29, 0.717) is 0 Å². The lowest BCUT2D eigenvalue weighted by atomic mass is 10.1. The number of hydrogen-bond acceptors (Lipinski definition) is 2. The summed E-state index contributed by atoms with van der Waals surface area (Å²) >= 11 is 5.60. The largest absolute Gasteiger partial charge is 0.488 e. The third-order valence-electron chi connectivity index (χ3n) is 3.07. The quantitative estimate of drug-likeness (QED) is 0.758. The molecule has 1 aliphatic rings. The Morgan fingerprint density at radius 2 is 2.29 bits per heavy atom. The van der Waals surface area contributed by atoms with Gasteiger partial charge in [-0.15, -0.1) is 11.6 Å². The first kappa shape index (κ1) is 12.2. The number of benzene rings is 1. The molecule has 0 N–H and O–H groups in total. The number of rotatable bonds is 2. The van der Waals surface area contributed by atoms with Gasteiger partial charge in [0.1, 0.15) is 17.7 Å². The molecule has 1 aromatic carbocycles. The molecular formula is C13H16ClNO2. The molecule has 0 radical (unpaired) electrons. The summed E-state index contributed by atoms with van der Waals surface area (Å²) in [6, 6.07) is 4.09. The van der Waals surface area contributed by atoms with Crippen LogP contribution in [0, 0.1) is 6.92 Å². The van der Waals surface area contributed by atoms with Crippen LogP contribution in [0.25, 0.3) is 0 Å². The number of amides is 1. The van der Waals surface area contributed by atoms with E-state index < -0.39 is 0 Å². The number of carbonyl (C=O) groups excluding carboxylic acids is 1. The fourth-order valence-corrected chi connectivity index (χ4v) is 2.37. The van der Waals surface area contributed by atoms with Crippen LogP contribution in [0.5, 0.6) is 5.75 Å². The molecule has 0 bridgehead atoms. The van der Waals surface area contributed by atoms with E-state index in [9.17, 15) is 4.79 Å². The van der Waals surface area contributed by atoms with Crippen molar-refractivity contribution in [3.63, 3.8) is 0 Å². The number of ether oxygens (including phenoxy) is 1. The number of fused-ring (bicyclic) bond motifs is 1. The zero-order valence-corrected chi connectivity index (χ0v) is 11.0. The Bertz CT molecular complexity index is 459. The summed E-state index contributed by atoms with van der Waals surface area (Å²) in [4.78, 5) is 13.3. The van der Waals surface area contributed by atoms with Gasteiger partial charge < -0.3 is 9.64 Å². The van der Waals surface area contributed by atoms with E-state index in [4.69, 9.17) is 16.3 Å². The van der Waals surface area contributed by atoms with Gasteiger partial charge in [0.15, 0.2) is 0 Å². The lowest BCUT2D eigenvalue weighted by Crippen LogP contribution is -2.28. The van der Waals surface area contributed by atoms with Crippen LogP contribution >= 0.6 is 11.6 Å². The Labute approximate surface area is 106 Å². The fourth-order valence-electron chi connectivity index (χ4n) is 2.19. The number of anilines is 1. The molecule has 1 aromatic rings. The summed E-state index contributed by atoms with van der Waals surface area (Å²) < 4.78 is 5.80. The average molecular weight is 254 g/mol. The standard InChI is InChI=1S/C13H16ClNO2/c1-8-4-5-10-6-9(2)17-13(10)12(8)15(3)11(16)7-14/h4-5,9H,6-7H2,1-3H3. The van der Waals surface area contributed by atoms with Gasteiger partial charge in [0, 0.05) is 13.5 Å². The van der Waals surface area contributed by atoms with Crippen LogP contribution in [0.1, 0.15) is 18.1 Å². The molecule has 1 amide bonds. The molecule has 0 fully saturated rings. The maximum Gasteiger partial charge on any atom is 0.241 e.